The lowest BCUT2D eigenvalue weighted by atomic mass is 10.3. The molecule has 0 spiro atoms. The average Bonchev–Trinajstić information content (AvgIpc) is 2.39. The number of benzene rings is 1. The maximum Gasteiger partial charge on any atom is 0.163 e. The Hall–Kier alpha value is -2.68. The Bertz CT molecular complexity index is 592. The zero-order valence-corrected chi connectivity index (χ0v) is 9.51. The maximum atomic E-state index is 13.2. The molecular formula is C12H9FN4O. The Kier molecular flexibility index (Phi) is 3.34. The zero-order chi connectivity index (χ0) is 13.0. The number of methoxy groups -OCH3 is 1. The topological polar surface area (TPSA) is 70.8 Å². The quantitative estimate of drug-likeness (QED) is 0.896. The van der Waals surface area contributed by atoms with Gasteiger partial charge in [-0.1, -0.05) is 0 Å². The molecule has 5 nitrogen and oxygen atoms in total. The van der Waals surface area contributed by atoms with Crippen LogP contribution in [0.4, 0.5) is 15.9 Å². The van der Waals surface area contributed by atoms with Crippen LogP contribution in [0.1, 0.15) is 5.69 Å². The molecule has 2 rings (SSSR count). The van der Waals surface area contributed by atoms with Crippen LogP contribution in [0, 0.1) is 17.1 Å². The van der Waals surface area contributed by atoms with Crippen molar-refractivity contribution in [2.24, 2.45) is 0 Å². The number of hydrogen-bond acceptors (Lipinski definition) is 5. The van der Waals surface area contributed by atoms with Gasteiger partial charge in [0.1, 0.15) is 17.6 Å². The van der Waals surface area contributed by atoms with Crippen molar-refractivity contribution in [3.8, 4) is 11.8 Å². The molecule has 18 heavy (non-hydrogen) atoms. The highest BCUT2D eigenvalue weighted by atomic mass is 19.1. The lowest BCUT2D eigenvalue weighted by molar-refractivity contribution is 0.411. The maximum absolute atomic E-state index is 13.2. The van der Waals surface area contributed by atoms with Crippen LogP contribution in [0.2, 0.25) is 0 Å². The van der Waals surface area contributed by atoms with E-state index in [1.54, 1.807) is 12.1 Å². The molecule has 0 aliphatic carbocycles. The molecule has 0 aliphatic rings. The van der Waals surface area contributed by atoms with Gasteiger partial charge in [0.15, 0.2) is 11.5 Å². The van der Waals surface area contributed by atoms with Gasteiger partial charge in [-0.25, -0.2) is 4.39 Å². The van der Waals surface area contributed by atoms with E-state index in [1.807, 2.05) is 6.07 Å². The first kappa shape index (κ1) is 11.8. The van der Waals surface area contributed by atoms with Crippen molar-refractivity contribution in [2.75, 3.05) is 12.4 Å². The fraction of sp³-hybridized carbons (Fsp3) is 0.0833. The molecular weight excluding hydrogens is 235 g/mol. The predicted octanol–water partition coefficient (Wildman–Crippen LogP) is 2.24. The average molecular weight is 244 g/mol. The van der Waals surface area contributed by atoms with E-state index in [0.29, 0.717) is 17.3 Å². The van der Waals surface area contributed by atoms with Gasteiger partial charge in [0.2, 0.25) is 0 Å². The van der Waals surface area contributed by atoms with Crippen LogP contribution < -0.4 is 10.1 Å². The largest absolute Gasteiger partial charge is 0.497 e. The molecule has 1 heterocycles. The molecule has 90 valence electrons. The minimum absolute atomic E-state index is 0.220. The Labute approximate surface area is 103 Å². The highest BCUT2D eigenvalue weighted by molar-refractivity contribution is 5.58. The van der Waals surface area contributed by atoms with E-state index in [4.69, 9.17) is 10.00 Å². The molecule has 1 N–H and O–H groups in total. The number of ether oxygens (including phenoxy) is 1. The van der Waals surface area contributed by atoms with Crippen molar-refractivity contribution in [2.45, 2.75) is 0 Å². The molecule has 6 heteroatoms. The van der Waals surface area contributed by atoms with Gasteiger partial charge in [0.05, 0.1) is 7.11 Å². The molecule has 1 aromatic heterocycles. The van der Waals surface area contributed by atoms with E-state index in [1.165, 1.54) is 25.3 Å². The molecule has 0 saturated heterocycles. The first-order valence-electron chi connectivity index (χ1n) is 5.06. The van der Waals surface area contributed by atoms with Crippen LogP contribution in [0.15, 0.2) is 30.3 Å². The number of aromatic nitrogens is 2. The summed E-state index contributed by atoms with van der Waals surface area (Å²) in [6, 6.07) is 9.18. The molecule has 1 aromatic carbocycles. The second kappa shape index (κ2) is 5.10. The van der Waals surface area contributed by atoms with Crippen LogP contribution in [0.5, 0.6) is 5.75 Å². The highest BCUT2D eigenvalue weighted by Crippen LogP contribution is 2.22. The standard InChI is InChI=1S/C12H9FN4O/c1-18-11-5-8(13)4-10(6-11)15-12-3-2-9(7-14)16-17-12/h2-6H,1H3,(H,15,17). The fourth-order valence-corrected chi connectivity index (χ4v) is 1.36. The van der Waals surface area contributed by atoms with E-state index < -0.39 is 5.82 Å². The smallest absolute Gasteiger partial charge is 0.163 e. The third kappa shape index (κ3) is 2.71. The Morgan fingerprint density at radius 2 is 2.11 bits per heavy atom. The van der Waals surface area contributed by atoms with Crippen LogP contribution in [-0.2, 0) is 0 Å². The SMILES string of the molecule is COc1cc(F)cc(Nc2ccc(C#N)nn2)c1. The van der Waals surface area contributed by atoms with Crippen molar-refractivity contribution >= 4 is 11.5 Å². The summed E-state index contributed by atoms with van der Waals surface area (Å²) in [5.41, 5.74) is 0.711. The minimum atomic E-state index is -0.418. The first-order chi connectivity index (χ1) is 8.71. The summed E-state index contributed by atoms with van der Waals surface area (Å²) in [6.07, 6.45) is 0. The third-order valence-electron chi connectivity index (χ3n) is 2.16. The Morgan fingerprint density at radius 1 is 1.28 bits per heavy atom. The summed E-state index contributed by atoms with van der Waals surface area (Å²) >= 11 is 0. The number of nitrogens with zero attached hydrogens (tertiary/aromatic N) is 3. The van der Waals surface area contributed by atoms with E-state index in [0.717, 1.165) is 0 Å². The lowest BCUT2D eigenvalue weighted by Gasteiger charge is -2.07. The summed E-state index contributed by atoms with van der Waals surface area (Å²) in [5, 5.41) is 18.9. The lowest BCUT2D eigenvalue weighted by Crippen LogP contribution is -1.97. The molecule has 0 radical (unpaired) electrons. The number of hydrogen-bond donors (Lipinski definition) is 1. The van der Waals surface area contributed by atoms with Gasteiger partial charge >= 0.3 is 0 Å². The first-order valence-corrected chi connectivity index (χ1v) is 5.06. The fourth-order valence-electron chi connectivity index (χ4n) is 1.36. The summed E-state index contributed by atoms with van der Waals surface area (Å²) in [5.74, 6) is 0.402. The second-order valence-corrected chi connectivity index (χ2v) is 3.42. The summed E-state index contributed by atoms with van der Waals surface area (Å²) < 4.78 is 18.2. The minimum Gasteiger partial charge on any atom is -0.497 e. The summed E-state index contributed by atoms with van der Waals surface area (Å²) in [7, 11) is 1.46. The number of halogens is 1. The van der Waals surface area contributed by atoms with Crippen molar-refractivity contribution in [3.05, 3.63) is 41.8 Å². The molecule has 0 unspecified atom stereocenters. The van der Waals surface area contributed by atoms with Crippen molar-refractivity contribution in [1.29, 1.82) is 5.26 Å². The molecule has 0 bridgehead atoms. The molecule has 2 aromatic rings. The van der Waals surface area contributed by atoms with Gasteiger partial charge in [-0.2, -0.15) is 5.26 Å². The Balaban J connectivity index is 2.22. The second-order valence-electron chi connectivity index (χ2n) is 3.42. The van der Waals surface area contributed by atoms with Gasteiger partial charge in [-0.15, -0.1) is 10.2 Å². The molecule has 0 amide bonds. The van der Waals surface area contributed by atoms with Crippen LogP contribution >= 0.6 is 0 Å². The molecule has 0 aliphatic heterocycles. The zero-order valence-electron chi connectivity index (χ0n) is 9.51. The van der Waals surface area contributed by atoms with Gasteiger partial charge in [-0.3, -0.25) is 0 Å². The van der Waals surface area contributed by atoms with Crippen molar-refractivity contribution < 1.29 is 9.13 Å². The van der Waals surface area contributed by atoms with Gasteiger partial charge < -0.3 is 10.1 Å². The molecule has 0 atom stereocenters. The van der Waals surface area contributed by atoms with Crippen LogP contribution in [-0.4, -0.2) is 17.3 Å². The molecule has 0 fully saturated rings. The summed E-state index contributed by atoms with van der Waals surface area (Å²) in [4.78, 5) is 0. The van der Waals surface area contributed by atoms with Gasteiger partial charge in [-0.05, 0) is 18.2 Å². The van der Waals surface area contributed by atoms with Crippen LogP contribution in [0.3, 0.4) is 0 Å². The molecule has 0 saturated carbocycles. The Morgan fingerprint density at radius 3 is 2.72 bits per heavy atom. The number of nitriles is 1. The van der Waals surface area contributed by atoms with Crippen molar-refractivity contribution in [3.63, 3.8) is 0 Å². The van der Waals surface area contributed by atoms with E-state index >= 15 is 0 Å². The van der Waals surface area contributed by atoms with Crippen molar-refractivity contribution in [1.82, 2.24) is 10.2 Å². The highest BCUT2D eigenvalue weighted by Gasteiger charge is 2.03. The predicted molar refractivity (Wildman–Crippen MR) is 63.0 cm³/mol. The monoisotopic (exact) mass is 244 g/mol. The van der Waals surface area contributed by atoms with Gasteiger partial charge in [0, 0.05) is 17.8 Å². The normalized spacial score (nSPS) is 9.61. The van der Waals surface area contributed by atoms with E-state index in [9.17, 15) is 4.39 Å². The summed E-state index contributed by atoms with van der Waals surface area (Å²) in [6.45, 7) is 0. The number of anilines is 2. The number of rotatable bonds is 3. The third-order valence-corrected chi connectivity index (χ3v) is 2.16. The van der Waals surface area contributed by atoms with E-state index in [2.05, 4.69) is 15.5 Å². The van der Waals surface area contributed by atoms with Gasteiger partial charge in [0.25, 0.3) is 0 Å². The van der Waals surface area contributed by atoms with E-state index in [-0.39, 0.29) is 5.69 Å². The van der Waals surface area contributed by atoms with Crippen LogP contribution in [0.25, 0.3) is 0 Å². The number of nitrogens with one attached hydrogen (secondary N) is 1.